The second kappa shape index (κ2) is 7.02. The van der Waals surface area contributed by atoms with Gasteiger partial charge in [-0.3, -0.25) is 4.79 Å². The van der Waals surface area contributed by atoms with Crippen LogP contribution < -0.4 is 5.32 Å². The highest BCUT2D eigenvalue weighted by Gasteiger charge is 2.31. The van der Waals surface area contributed by atoms with Crippen LogP contribution in [-0.2, 0) is 16.0 Å². The lowest BCUT2D eigenvalue weighted by molar-refractivity contribution is -0.122. The highest BCUT2D eigenvalue weighted by atomic mass is 32.1. The molecule has 3 rings (SSSR count). The lowest BCUT2D eigenvalue weighted by Crippen LogP contribution is -2.37. The van der Waals surface area contributed by atoms with Gasteiger partial charge in [-0.15, -0.1) is 11.3 Å². The molecule has 3 heterocycles. The fourth-order valence-corrected chi connectivity index (χ4v) is 3.37. The molecule has 118 valence electrons. The first-order chi connectivity index (χ1) is 10.7. The first-order valence-corrected chi connectivity index (χ1v) is 8.30. The zero-order valence-corrected chi connectivity index (χ0v) is 13.3. The second-order valence-electron chi connectivity index (χ2n) is 5.43. The lowest BCUT2D eigenvalue weighted by atomic mass is 9.91. The summed E-state index contributed by atoms with van der Waals surface area (Å²) >= 11 is 1.58. The molecule has 1 aliphatic rings. The Bertz CT molecular complexity index is 605. The number of carbonyl (C=O) groups is 1. The topological polar surface area (TPSA) is 77.2 Å². The van der Waals surface area contributed by atoms with Gasteiger partial charge >= 0.3 is 0 Å². The van der Waals surface area contributed by atoms with E-state index >= 15 is 0 Å². The van der Waals surface area contributed by atoms with E-state index in [0.29, 0.717) is 31.3 Å². The van der Waals surface area contributed by atoms with Gasteiger partial charge in [-0.2, -0.15) is 4.98 Å². The third kappa shape index (κ3) is 3.72. The number of aryl methyl sites for hydroxylation is 1. The maximum absolute atomic E-state index is 12.3. The molecule has 1 atom stereocenters. The van der Waals surface area contributed by atoms with Gasteiger partial charge in [0.2, 0.25) is 11.8 Å². The number of rotatable bonds is 5. The van der Waals surface area contributed by atoms with Crippen molar-refractivity contribution >= 4 is 17.2 Å². The molecule has 0 unspecified atom stereocenters. The van der Waals surface area contributed by atoms with Crippen LogP contribution in [0.25, 0.3) is 0 Å². The monoisotopic (exact) mass is 321 g/mol. The van der Waals surface area contributed by atoms with Crippen molar-refractivity contribution in [3.63, 3.8) is 0 Å². The Morgan fingerprint density at radius 1 is 1.50 bits per heavy atom. The number of nitrogens with one attached hydrogen (secondary N) is 1. The first-order valence-electron chi connectivity index (χ1n) is 7.42. The van der Waals surface area contributed by atoms with Crippen molar-refractivity contribution in [2.24, 2.45) is 5.92 Å². The van der Waals surface area contributed by atoms with E-state index in [0.717, 1.165) is 17.7 Å². The second-order valence-corrected chi connectivity index (χ2v) is 6.46. The molecule has 0 radical (unpaired) electrons. The fraction of sp³-hybridized carbons (Fsp3) is 0.533. The van der Waals surface area contributed by atoms with Crippen LogP contribution in [0.5, 0.6) is 0 Å². The molecule has 1 saturated heterocycles. The SMILES string of the molecule is Cc1noc([C@H](NC(=O)Cc2cccs2)C2CCOCC2)n1. The number of amides is 1. The van der Waals surface area contributed by atoms with Gasteiger partial charge in [0.25, 0.3) is 0 Å². The van der Waals surface area contributed by atoms with E-state index in [2.05, 4.69) is 15.5 Å². The summed E-state index contributed by atoms with van der Waals surface area (Å²) in [5.41, 5.74) is 0. The molecule has 6 nitrogen and oxygen atoms in total. The summed E-state index contributed by atoms with van der Waals surface area (Å²) in [5.74, 6) is 1.32. The van der Waals surface area contributed by atoms with E-state index in [1.807, 2.05) is 17.5 Å². The fourth-order valence-electron chi connectivity index (χ4n) is 2.67. The molecule has 2 aromatic heterocycles. The quantitative estimate of drug-likeness (QED) is 0.914. The van der Waals surface area contributed by atoms with Crippen molar-refractivity contribution in [1.82, 2.24) is 15.5 Å². The summed E-state index contributed by atoms with van der Waals surface area (Å²) in [6.07, 6.45) is 2.14. The zero-order chi connectivity index (χ0) is 15.4. The van der Waals surface area contributed by atoms with Crippen molar-refractivity contribution in [3.05, 3.63) is 34.1 Å². The molecule has 22 heavy (non-hydrogen) atoms. The van der Waals surface area contributed by atoms with Crippen LogP contribution >= 0.6 is 11.3 Å². The van der Waals surface area contributed by atoms with Crippen molar-refractivity contribution in [1.29, 1.82) is 0 Å². The molecule has 0 saturated carbocycles. The normalized spacial score (nSPS) is 17.3. The van der Waals surface area contributed by atoms with E-state index < -0.39 is 0 Å². The molecular formula is C15H19N3O3S. The molecule has 1 fully saturated rings. The van der Waals surface area contributed by atoms with Gasteiger partial charge in [0.05, 0.1) is 6.42 Å². The van der Waals surface area contributed by atoms with Gasteiger partial charge < -0.3 is 14.6 Å². The summed E-state index contributed by atoms with van der Waals surface area (Å²) < 4.78 is 10.7. The number of carbonyl (C=O) groups excluding carboxylic acids is 1. The van der Waals surface area contributed by atoms with Gasteiger partial charge in [-0.05, 0) is 37.1 Å². The van der Waals surface area contributed by atoms with E-state index in [9.17, 15) is 4.79 Å². The molecule has 7 heteroatoms. The number of hydrogen-bond donors (Lipinski definition) is 1. The maximum Gasteiger partial charge on any atom is 0.249 e. The summed E-state index contributed by atoms with van der Waals surface area (Å²) in [6, 6.07) is 3.67. The largest absolute Gasteiger partial charge is 0.381 e. The molecule has 1 amide bonds. The Morgan fingerprint density at radius 3 is 2.95 bits per heavy atom. The van der Waals surface area contributed by atoms with Gasteiger partial charge in [0.1, 0.15) is 6.04 Å². The standard InChI is InChI=1S/C15H19N3O3S/c1-10-16-15(21-18-10)14(11-4-6-20-7-5-11)17-13(19)9-12-3-2-8-22-12/h2-3,8,11,14H,4-7,9H2,1H3,(H,17,19)/t14-/m1/s1. The van der Waals surface area contributed by atoms with Crippen LogP contribution in [0.2, 0.25) is 0 Å². The molecular weight excluding hydrogens is 302 g/mol. The summed E-state index contributed by atoms with van der Waals surface area (Å²) in [5, 5.41) is 8.89. The number of nitrogens with zero attached hydrogens (tertiary/aromatic N) is 2. The predicted molar refractivity (Wildman–Crippen MR) is 81.5 cm³/mol. The summed E-state index contributed by atoms with van der Waals surface area (Å²) in [6.45, 7) is 3.19. The Kier molecular flexibility index (Phi) is 4.84. The van der Waals surface area contributed by atoms with E-state index in [4.69, 9.17) is 9.26 Å². The average molecular weight is 321 g/mol. The van der Waals surface area contributed by atoms with Crippen LogP contribution in [0, 0.1) is 12.8 Å². The Balaban J connectivity index is 1.71. The average Bonchev–Trinajstić information content (AvgIpc) is 3.17. The number of thiophene rings is 1. The van der Waals surface area contributed by atoms with Crippen LogP contribution in [-0.4, -0.2) is 29.3 Å². The minimum Gasteiger partial charge on any atom is -0.381 e. The smallest absolute Gasteiger partial charge is 0.249 e. The zero-order valence-electron chi connectivity index (χ0n) is 12.4. The molecule has 0 aromatic carbocycles. The van der Waals surface area contributed by atoms with Crippen LogP contribution in [0.3, 0.4) is 0 Å². The minimum absolute atomic E-state index is 0.0187. The predicted octanol–water partition coefficient (Wildman–Crippen LogP) is 2.27. The molecule has 2 aromatic rings. The van der Waals surface area contributed by atoms with Crippen molar-refractivity contribution < 1.29 is 14.1 Å². The molecule has 1 N–H and O–H groups in total. The van der Waals surface area contributed by atoms with Crippen LogP contribution in [0.15, 0.2) is 22.0 Å². The first kappa shape index (κ1) is 15.2. The highest BCUT2D eigenvalue weighted by molar-refractivity contribution is 7.10. The molecule has 1 aliphatic heterocycles. The Labute approximate surface area is 132 Å². The summed E-state index contributed by atoms with van der Waals surface area (Å²) in [4.78, 5) is 17.7. The highest BCUT2D eigenvalue weighted by Crippen LogP contribution is 2.29. The lowest BCUT2D eigenvalue weighted by Gasteiger charge is -2.28. The summed E-state index contributed by atoms with van der Waals surface area (Å²) in [7, 11) is 0. The van der Waals surface area contributed by atoms with E-state index in [1.54, 1.807) is 18.3 Å². The molecule has 0 bridgehead atoms. The molecule has 0 spiro atoms. The number of ether oxygens (including phenoxy) is 1. The van der Waals surface area contributed by atoms with Gasteiger partial charge in [-0.1, -0.05) is 11.2 Å². The van der Waals surface area contributed by atoms with Gasteiger partial charge in [0, 0.05) is 18.1 Å². The Morgan fingerprint density at radius 2 is 2.32 bits per heavy atom. The minimum atomic E-state index is -0.238. The third-order valence-corrected chi connectivity index (χ3v) is 4.65. The number of hydrogen-bond acceptors (Lipinski definition) is 6. The van der Waals surface area contributed by atoms with Gasteiger partial charge in [-0.25, -0.2) is 0 Å². The van der Waals surface area contributed by atoms with Crippen molar-refractivity contribution in [2.45, 2.75) is 32.2 Å². The maximum atomic E-state index is 12.3. The van der Waals surface area contributed by atoms with E-state index in [1.165, 1.54) is 0 Å². The van der Waals surface area contributed by atoms with Crippen molar-refractivity contribution in [3.8, 4) is 0 Å². The van der Waals surface area contributed by atoms with Crippen molar-refractivity contribution in [2.75, 3.05) is 13.2 Å². The van der Waals surface area contributed by atoms with Crippen LogP contribution in [0.1, 0.15) is 35.5 Å². The Hall–Kier alpha value is -1.73. The van der Waals surface area contributed by atoms with Gasteiger partial charge in [0.15, 0.2) is 5.82 Å². The van der Waals surface area contributed by atoms with Crippen LogP contribution in [0.4, 0.5) is 0 Å². The molecule has 0 aliphatic carbocycles. The third-order valence-electron chi connectivity index (χ3n) is 3.78. The van der Waals surface area contributed by atoms with E-state index in [-0.39, 0.29) is 17.9 Å². The number of aromatic nitrogens is 2.